The van der Waals surface area contributed by atoms with Crippen molar-refractivity contribution in [2.75, 3.05) is 0 Å². The Hall–Kier alpha value is -1.56. The minimum atomic E-state index is -3.72. The Kier molecular flexibility index (Phi) is 2.96. The number of hydrogen-bond acceptors (Lipinski definition) is 2. The summed E-state index contributed by atoms with van der Waals surface area (Å²) < 4.78 is 39.3. The molecule has 0 saturated carbocycles. The number of carboxylic acid groups (broad SMARTS) is 1. The van der Waals surface area contributed by atoms with Crippen LogP contribution in [0.5, 0.6) is 0 Å². The van der Waals surface area contributed by atoms with E-state index in [-0.39, 0.29) is 0 Å². The van der Waals surface area contributed by atoms with Gasteiger partial charge in [0.25, 0.3) is 5.92 Å². The van der Waals surface area contributed by atoms with Crippen LogP contribution < -0.4 is 5.73 Å². The third-order valence-electron chi connectivity index (χ3n) is 2.31. The molecule has 0 saturated heterocycles. The van der Waals surface area contributed by atoms with Crippen molar-refractivity contribution in [3.63, 3.8) is 0 Å². The highest BCUT2D eigenvalue weighted by Gasteiger charge is 2.55. The van der Waals surface area contributed by atoms with Gasteiger partial charge in [-0.3, -0.25) is 0 Å². The molecule has 0 aliphatic heterocycles. The highest BCUT2D eigenvalue weighted by atomic mass is 19.3. The van der Waals surface area contributed by atoms with Crippen molar-refractivity contribution in [3.05, 3.63) is 35.6 Å². The molecular formula is C10H10F3NO2. The van der Waals surface area contributed by atoms with Crippen LogP contribution in [-0.4, -0.2) is 17.0 Å². The number of carbonyl (C=O) groups is 1. The number of benzene rings is 1. The number of aliphatic carboxylic acids is 1. The van der Waals surface area contributed by atoms with E-state index in [0.717, 1.165) is 18.2 Å². The summed E-state index contributed by atoms with van der Waals surface area (Å²) in [6, 6.07) is 3.88. The van der Waals surface area contributed by atoms with Gasteiger partial charge in [-0.2, -0.15) is 0 Å². The zero-order valence-electron chi connectivity index (χ0n) is 8.38. The summed E-state index contributed by atoms with van der Waals surface area (Å²) in [6.45, 7) is 0.381. The molecule has 3 nitrogen and oxygen atoms in total. The topological polar surface area (TPSA) is 63.3 Å². The highest BCUT2D eigenvalue weighted by Crippen LogP contribution is 2.35. The van der Waals surface area contributed by atoms with E-state index in [2.05, 4.69) is 0 Å². The smallest absolute Gasteiger partial charge is 0.334 e. The van der Waals surface area contributed by atoms with Crippen LogP contribution >= 0.6 is 0 Å². The molecule has 1 unspecified atom stereocenters. The fourth-order valence-electron chi connectivity index (χ4n) is 1.30. The van der Waals surface area contributed by atoms with Gasteiger partial charge >= 0.3 is 5.97 Å². The fourth-order valence-corrected chi connectivity index (χ4v) is 1.30. The number of hydrogen-bond donors (Lipinski definition) is 2. The predicted molar refractivity (Wildman–Crippen MR) is 50.5 cm³/mol. The van der Waals surface area contributed by atoms with Gasteiger partial charge in [-0.05, 0) is 17.7 Å². The van der Waals surface area contributed by atoms with E-state index in [1.165, 1.54) is 0 Å². The Balaban J connectivity index is 3.39. The summed E-state index contributed by atoms with van der Waals surface area (Å²) in [6.07, 6.45) is 0. The molecule has 0 amide bonds. The molecule has 16 heavy (non-hydrogen) atoms. The largest absolute Gasteiger partial charge is 0.479 e. The van der Waals surface area contributed by atoms with Gasteiger partial charge in [-0.25, -0.2) is 18.0 Å². The Bertz CT molecular complexity index is 417. The van der Waals surface area contributed by atoms with Crippen molar-refractivity contribution in [2.45, 2.75) is 18.4 Å². The van der Waals surface area contributed by atoms with E-state index in [9.17, 15) is 18.0 Å². The molecule has 0 fully saturated rings. The van der Waals surface area contributed by atoms with E-state index in [4.69, 9.17) is 10.8 Å². The van der Waals surface area contributed by atoms with Crippen LogP contribution in [0, 0.1) is 5.82 Å². The monoisotopic (exact) mass is 233 g/mol. The van der Waals surface area contributed by atoms with Gasteiger partial charge in [0.15, 0.2) is 0 Å². The number of carboxylic acids is 1. The number of alkyl halides is 2. The normalized spacial score (nSPS) is 15.6. The van der Waals surface area contributed by atoms with Crippen LogP contribution in [0.2, 0.25) is 0 Å². The van der Waals surface area contributed by atoms with Crippen molar-refractivity contribution >= 4 is 5.97 Å². The zero-order valence-corrected chi connectivity index (χ0v) is 8.38. The second kappa shape index (κ2) is 3.79. The van der Waals surface area contributed by atoms with Gasteiger partial charge in [0.1, 0.15) is 5.82 Å². The Labute approximate surface area is 89.7 Å². The van der Waals surface area contributed by atoms with Gasteiger partial charge in [0, 0.05) is 6.92 Å². The van der Waals surface area contributed by atoms with Crippen molar-refractivity contribution in [2.24, 2.45) is 5.73 Å². The quantitative estimate of drug-likeness (QED) is 0.835. The minimum absolute atomic E-state index is 0.381. The molecular weight excluding hydrogens is 223 g/mol. The second-order valence-electron chi connectivity index (χ2n) is 3.51. The van der Waals surface area contributed by atoms with Crippen molar-refractivity contribution in [3.8, 4) is 0 Å². The molecule has 3 N–H and O–H groups in total. The first-order valence-electron chi connectivity index (χ1n) is 4.35. The average Bonchev–Trinajstić information content (AvgIpc) is 2.14. The van der Waals surface area contributed by atoms with Crippen LogP contribution in [0.1, 0.15) is 12.5 Å². The lowest BCUT2D eigenvalue weighted by molar-refractivity contribution is -0.160. The lowest BCUT2D eigenvalue weighted by Crippen LogP contribution is -2.57. The van der Waals surface area contributed by atoms with E-state index in [1.54, 1.807) is 0 Å². The SMILES string of the molecule is CC(F)(F)C(N)(C(=O)O)c1cccc(F)c1. The molecule has 1 atom stereocenters. The summed E-state index contributed by atoms with van der Waals surface area (Å²) in [7, 11) is 0. The summed E-state index contributed by atoms with van der Waals surface area (Å²) in [5.74, 6) is -6.45. The maximum atomic E-state index is 13.2. The lowest BCUT2D eigenvalue weighted by Gasteiger charge is -2.31. The Morgan fingerprint density at radius 1 is 1.44 bits per heavy atom. The van der Waals surface area contributed by atoms with Crippen LogP contribution in [0.4, 0.5) is 13.2 Å². The highest BCUT2D eigenvalue weighted by molar-refractivity contribution is 5.82. The molecule has 0 aliphatic carbocycles. The van der Waals surface area contributed by atoms with E-state index >= 15 is 0 Å². The first kappa shape index (κ1) is 12.5. The zero-order chi connectivity index (χ0) is 12.6. The molecule has 0 aliphatic rings. The lowest BCUT2D eigenvalue weighted by atomic mass is 9.85. The van der Waals surface area contributed by atoms with E-state index < -0.39 is 28.8 Å². The molecule has 0 spiro atoms. The van der Waals surface area contributed by atoms with Crippen LogP contribution in [0.15, 0.2) is 24.3 Å². The van der Waals surface area contributed by atoms with Crippen molar-refractivity contribution in [1.29, 1.82) is 0 Å². The van der Waals surface area contributed by atoms with Gasteiger partial charge in [-0.15, -0.1) is 0 Å². The molecule has 88 valence electrons. The summed E-state index contributed by atoms with van der Waals surface area (Å²) in [4.78, 5) is 10.9. The van der Waals surface area contributed by atoms with E-state index in [0.29, 0.717) is 13.0 Å². The van der Waals surface area contributed by atoms with Crippen LogP contribution in [0.25, 0.3) is 0 Å². The first-order chi connectivity index (χ1) is 7.19. The molecule has 0 radical (unpaired) electrons. The first-order valence-corrected chi connectivity index (χ1v) is 4.35. The molecule has 6 heteroatoms. The minimum Gasteiger partial charge on any atom is -0.479 e. The summed E-state index contributed by atoms with van der Waals surface area (Å²) in [5.41, 5.74) is 1.78. The second-order valence-corrected chi connectivity index (χ2v) is 3.51. The predicted octanol–water partition coefficient (Wildman–Crippen LogP) is 1.72. The van der Waals surface area contributed by atoms with Crippen molar-refractivity contribution < 1.29 is 23.1 Å². The Morgan fingerprint density at radius 3 is 2.38 bits per heavy atom. The number of halogens is 3. The maximum Gasteiger partial charge on any atom is 0.334 e. The maximum absolute atomic E-state index is 13.2. The van der Waals surface area contributed by atoms with Gasteiger partial charge < -0.3 is 10.8 Å². The molecule has 1 aromatic carbocycles. The third kappa shape index (κ3) is 1.88. The van der Waals surface area contributed by atoms with Gasteiger partial charge in [0.2, 0.25) is 5.54 Å². The molecule has 0 bridgehead atoms. The summed E-state index contributed by atoms with van der Waals surface area (Å²) >= 11 is 0. The fraction of sp³-hybridized carbons (Fsp3) is 0.300. The molecule has 0 aromatic heterocycles. The number of rotatable bonds is 3. The number of nitrogens with two attached hydrogens (primary N) is 1. The molecule has 1 rings (SSSR count). The average molecular weight is 233 g/mol. The Morgan fingerprint density at radius 2 is 2.00 bits per heavy atom. The van der Waals surface area contributed by atoms with E-state index in [1.807, 2.05) is 0 Å². The molecule has 0 heterocycles. The van der Waals surface area contributed by atoms with Crippen LogP contribution in [0.3, 0.4) is 0 Å². The van der Waals surface area contributed by atoms with Gasteiger partial charge in [-0.1, -0.05) is 12.1 Å². The van der Waals surface area contributed by atoms with Crippen molar-refractivity contribution in [1.82, 2.24) is 0 Å². The van der Waals surface area contributed by atoms with Gasteiger partial charge in [0.05, 0.1) is 0 Å². The van der Waals surface area contributed by atoms with Crippen LogP contribution in [-0.2, 0) is 10.3 Å². The standard InChI is InChI=1S/C10H10F3NO2/c1-9(12,13)10(14,8(15)16)6-3-2-4-7(11)5-6/h2-5H,14H2,1H3,(H,15,16). The summed E-state index contributed by atoms with van der Waals surface area (Å²) in [5, 5.41) is 8.79. The molecule has 1 aromatic rings. The third-order valence-corrected chi connectivity index (χ3v) is 2.31.